The van der Waals surface area contributed by atoms with E-state index in [1.165, 1.54) is 0 Å². The van der Waals surface area contributed by atoms with E-state index in [4.69, 9.17) is 0 Å². The number of likely N-dealkylation sites (tertiary alicyclic amines) is 1. The molecule has 3 rings (SSSR count). The van der Waals surface area contributed by atoms with Crippen molar-refractivity contribution in [2.45, 2.75) is 39.2 Å². The number of aliphatic hydroxyl groups excluding tert-OH is 1. The Morgan fingerprint density at radius 2 is 2.09 bits per heavy atom. The number of pyridine rings is 1. The molecule has 1 N–H and O–H groups in total. The summed E-state index contributed by atoms with van der Waals surface area (Å²) in [5, 5.41) is 9.68. The van der Waals surface area contributed by atoms with E-state index in [-0.39, 0.29) is 5.41 Å². The minimum absolute atomic E-state index is 0.172. The standard InChI is InChI=1S/C17H25N3O2/c1-3-19-12-17(11-16(19)22)7-9-20(10-8-17)15-6-4-5-14(18-15)13(2)21/h4-6,13,21H,3,7-12H2,1-2H3/t13-/m0/s1. The van der Waals surface area contributed by atoms with Gasteiger partial charge in [-0.1, -0.05) is 6.07 Å². The van der Waals surface area contributed by atoms with E-state index in [9.17, 15) is 9.90 Å². The highest BCUT2D eigenvalue weighted by Gasteiger charge is 2.44. The number of aliphatic hydroxyl groups is 1. The molecule has 2 saturated heterocycles. The van der Waals surface area contributed by atoms with Gasteiger partial charge in [0, 0.05) is 38.0 Å². The number of hydrogen-bond acceptors (Lipinski definition) is 4. The van der Waals surface area contributed by atoms with Gasteiger partial charge >= 0.3 is 0 Å². The molecule has 3 heterocycles. The molecular weight excluding hydrogens is 278 g/mol. The molecule has 120 valence electrons. The Morgan fingerprint density at radius 1 is 1.36 bits per heavy atom. The lowest BCUT2D eigenvalue weighted by molar-refractivity contribution is -0.127. The molecule has 5 heteroatoms. The zero-order valence-corrected chi connectivity index (χ0v) is 13.5. The van der Waals surface area contributed by atoms with Crippen LogP contribution < -0.4 is 4.90 Å². The minimum atomic E-state index is -0.540. The van der Waals surface area contributed by atoms with Gasteiger partial charge in [-0.15, -0.1) is 0 Å². The van der Waals surface area contributed by atoms with Crippen LogP contribution in [0, 0.1) is 5.41 Å². The molecule has 0 aliphatic carbocycles. The Bertz CT molecular complexity index is 551. The first-order valence-electron chi connectivity index (χ1n) is 8.21. The fraction of sp³-hybridized carbons (Fsp3) is 0.647. The third-order valence-electron chi connectivity index (χ3n) is 5.12. The molecule has 2 aliphatic heterocycles. The third kappa shape index (κ3) is 2.82. The maximum absolute atomic E-state index is 12.0. The van der Waals surface area contributed by atoms with Crippen LogP contribution in [0.4, 0.5) is 5.82 Å². The van der Waals surface area contributed by atoms with Gasteiger partial charge in [-0.25, -0.2) is 4.98 Å². The van der Waals surface area contributed by atoms with E-state index in [1.807, 2.05) is 23.1 Å². The number of carbonyl (C=O) groups is 1. The van der Waals surface area contributed by atoms with Crippen LogP contribution >= 0.6 is 0 Å². The van der Waals surface area contributed by atoms with Crippen molar-refractivity contribution in [2.75, 3.05) is 31.1 Å². The molecular formula is C17H25N3O2. The van der Waals surface area contributed by atoms with Crippen LogP contribution in [-0.2, 0) is 4.79 Å². The van der Waals surface area contributed by atoms with E-state index < -0.39 is 6.10 Å². The summed E-state index contributed by atoms with van der Waals surface area (Å²) in [5.41, 5.74) is 0.886. The van der Waals surface area contributed by atoms with Gasteiger partial charge < -0.3 is 14.9 Å². The molecule has 1 spiro atoms. The first kappa shape index (κ1) is 15.3. The minimum Gasteiger partial charge on any atom is -0.387 e. The summed E-state index contributed by atoms with van der Waals surface area (Å²) in [6.45, 7) is 7.39. The summed E-state index contributed by atoms with van der Waals surface area (Å²) in [7, 11) is 0. The largest absolute Gasteiger partial charge is 0.387 e. The van der Waals surface area contributed by atoms with E-state index in [1.54, 1.807) is 6.92 Å². The second-order valence-corrected chi connectivity index (χ2v) is 6.67. The maximum Gasteiger partial charge on any atom is 0.223 e. The Morgan fingerprint density at radius 3 is 2.68 bits per heavy atom. The SMILES string of the molecule is CCN1CC2(CCN(c3cccc([C@H](C)O)n3)CC2)CC1=O. The Hall–Kier alpha value is -1.62. The number of aromatic nitrogens is 1. The first-order valence-corrected chi connectivity index (χ1v) is 8.21. The van der Waals surface area contributed by atoms with Gasteiger partial charge in [-0.3, -0.25) is 4.79 Å². The van der Waals surface area contributed by atoms with Gasteiger partial charge in [0.1, 0.15) is 5.82 Å². The van der Waals surface area contributed by atoms with Crippen LogP contribution in [-0.4, -0.2) is 47.1 Å². The molecule has 1 aromatic heterocycles. The fourth-order valence-electron chi connectivity index (χ4n) is 3.66. The van der Waals surface area contributed by atoms with Crippen LogP contribution in [0.15, 0.2) is 18.2 Å². The second-order valence-electron chi connectivity index (χ2n) is 6.67. The van der Waals surface area contributed by atoms with Crippen molar-refractivity contribution in [1.29, 1.82) is 0 Å². The fourth-order valence-corrected chi connectivity index (χ4v) is 3.66. The Balaban J connectivity index is 1.67. The highest BCUT2D eigenvalue weighted by atomic mass is 16.3. The molecule has 2 aliphatic rings. The van der Waals surface area contributed by atoms with Crippen molar-refractivity contribution >= 4 is 11.7 Å². The number of anilines is 1. The van der Waals surface area contributed by atoms with E-state index >= 15 is 0 Å². The highest BCUT2D eigenvalue weighted by Crippen LogP contribution is 2.41. The van der Waals surface area contributed by atoms with E-state index in [0.717, 1.165) is 44.8 Å². The molecule has 1 atom stereocenters. The van der Waals surface area contributed by atoms with Crippen LogP contribution in [0.2, 0.25) is 0 Å². The second kappa shape index (κ2) is 5.88. The van der Waals surface area contributed by atoms with Gasteiger partial charge in [0.15, 0.2) is 0 Å². The van der Waals surface area contributed by atoms with Gasteiger partial charge in [-0.05, 0) is 38.8 Å². The van der Waals surface area contributed by atoms with Crippen molar-refractivity contribution in [1.82, 2.24) is 9.88 Å². The lowest BCUT2D eigenvalue weighted by Crippen LogP contribution is -2.42. The topological polar surface area (TPSA) is 56.7 Å². The predicted molar refractivity (Wildman–Crippen MR) is 85.6 cm³/mol. The summed E-state index contributed by atoms with van der Waals surface area (Å²) in [5.74, 6) is 1.25. The molecule has 0 radical (unpaired) electrons. The molecule has 0 unspecified atom stereocenters. The zero-order valence-electron chi connectivity index (χ0n) is 13.5. The Labute approximate surface area is 131 Å². The monoisotopic (exact) mass is 303 g/mol. The number of piperidine rings is 1. The van der Waals surface area contributed by atoms with Crippen molar-refractivity contribution < 1.29 is 9.90 Å². The van der Waals surface area contributed by atoms with E-state index in [2.05, 4.69) is 16.8 Å². The average molecular weight is 303 g/mol. The summed E-state index contributed by atoms with van der Waals surface area (Å²) < 4.78 is 0. The summed E-state index contributed by atoms with van der Waals surface area (Å²) in [6, 6.07) is 5.81. The van der Waals surface area contributed by atoms with Crippen molar-refractivity contribution in [3.8, 4) is 0 Å². The molecule has 5 nitrogen and oxygen atoms in total. The lowest BCUT2D eigenvalue weighted by atomic mass is 9.77. The van der Waals surface area contributed by atoms with Crippen LogP contribution in [0.3, 0.4) is 0 Å². The van der Waals surface area contributed by atoms with Gasteiger partial charge in [-0.2, -0.15) is 0 Å². The van der Waals surface area contributed by atoms with Crippen LogP contribution in [0.25, 0.3) is 0 Å². The smallest absolute Gasteiger partial charge is 0.223 e. The normalized spacial score (nSPS) is 22.4. The summed E-state index contributed by atoms with van der Waals surface area (Å²) >= 11 is 0. The lowest BCUT2D eigenvalue weighted by Gasteiger charge is -2.39. The van der Waals surface area contributed by atoms with Crippen molar-refractivity contribution in [3.05, 3.63) is 23.9 Å². The summed E-state index contributed by atoms with van der Waals surface area (Å²) in [6.07, 6.45) is 2.24. The van der Waals surface area contributed by atoms with Gasteiger partial charge in [0.25, 0.3) is 0 Å². The maximum atomic E-state index is 12.0. The van der Waals surface area contributed by atoms with Crippen molar-refractivity contribution in [3.63, 3.8) is 0 Å². The molecule has 0 aromatic carbocycles. The number of amides is 1. The molecule has 1 aromatic rings. The highest BCUT2D eigenvalue weighted by molar-refractivity contribution is 5.79. The zero-order chi connectivity index (χ0) is 15.7. The molecule has 0 saturated carbocycles. The van der Waals surface area contributed by atoms with Gasteiger partial charge in [0.2, 0.25) is 5.91 Å². The van der Waals surface area contributed by atoms with Crippen molar-refractivity contribution in [2.24, 2.45) is 5.41 Å². The average Bonchev–Trinajstić information content (AvgIpc) is 2.83. The number of rotatable bonds is 3. The number of carbonyl (C=O) groups excluding carboxylic acids is 1. The van der Waals surface area contributed by atoms with Crippen LogP contribution in [0.5, 0.6) is 0 Å². The first-order chi connectivity index (χ1) is 10.5. The molecule has 0 bridgehead atoms. The molecule has 22 heavy (non-hydrogen) atoms. The Kier molecular flexibility index (Phi) is 4.08. The van der Waals surface area contributed by atoms with Gasteiger partial charge in [0.05, 0.1) is 11.8 Å². The summed E-state index contributed by atoms with van der Waals surface area (Å²) in [4.78, 5) is 20.8. The quantitative estimate of drug-likeness (QED) is 0.927. The van der Waals surface area contributed by atoms with E-state index in [0.29, 0.717) is 18.0 Å². The third-order valence-corrected chi connectivity index (χ3v) is 5.12. The number of nitrogens with zero attached hydrogens (tertiary/aromatic N) is 3. The number of hydrogen-bond donors (Lipinski definition) is 1. The molecule has 2 fully saturated rings. The molecule has 1 amide bonds. The van der Waals surface area contributed by atoms with Crippen LogP contribution in [0.1, 0.15) is 44.9 Å². The predicted octanol–water partition coefficient (Wildman–Crippen LogP) is 1.97.